The van der Waals surface area contributed by atoms with Crippen molar-refractivity contribution in [2.24, 2.45) is 5.92 Å². The molecule has 1 rings (SSSR count). The van der Waals surface area contributed by atoms with Gasteiger partial charge in [0.1, 0.15) is 6.04 Å². The van der Waals surface area contributed by atoms with E-state index >= 15 is 0 Å². The van der Waals surface area contributed by atoms with Crippen molar-refractivity contribution >= 4 is 5.91 Å². The van der Waals surface area contributed by atoms with E-state index in [1.54, 1.807) is 4.90 Å². The third-order valence-electron chi connectivity index (χ3n) is 3.32. The lowest BCUT2D eigenvalue weighted by Crippen LogP contribution is -2.45. The lowest BCUT2D eigenvalue weighted by molar-refractivity contribution is -0.134. The number of hydrogen-bond acceptors (Lipinski definition) is 3. The first kappa shape index (κ1) is 14.0. The molecule has 4 heteroatoms. The Hall–Kier alpha value is -1.08. The van der Waals surface area contributed by atoms with Gasteiger partial charge in [-0.25, -0.2) is 0 Å². The summed E-state index contributed by atoms with van der Waals surface area (Å²) in [6.45, 7) is 6.95. The van der Waals surface area contributed by atoms with Gasteiger partial charge < -0.3 is 4.90 Å². The maximum Gasteiger partial charge on any atom is 0.240 e. The Balaban J connectivity index is 2.80. The molecular formula is C13H23N3O. The molecule has 0 aromatic heterocycles. The molecule has 1 aliphatic rings. The molecule has 0 aromatic rings. The summed E-state index contributed by atoms with van der Waals surface area (Å²) in [5.41, 5.74) is 0. The molecule has 0 N–H and O–H groups in total. The molecule has 0 radical (unpaired) electrons. The first-order chi connectivity index (χ1) is 8.10. The molecule has 0 saturated carbocycles. The van der Waals surface area contributed by atoms with Crippen molar-refractivity contribution in [3.8, 4) is 6.07 Å². The van der Waals surface area contributed by atoms with Gasteiger partial charge in [0.15, 0.2) is 0 Å². The molecule has 1 aliphatic heterocycles. The van der Waals surface area contributed by atoms with Crippen molar-refractivity contribution in [1.82, 2.24) is 9.80 Å². The van der Waals surface area contributed by atoms with Gasteiger partial charge >= 0.3 is 0 Å². The molecule has 0 bridgehead atoms. The van der Waals surface area contributed by atoms with Crippen LogP contribution in [0.3, 0.4) is 0 Å². The normalized spacial score (nSPS) is 26.7. The number of nitriles is 1. The van der Waals surface area contributed by atoms with E-state index in [-0.39, 0.29) is 11.9 Å². The highest BCUT2D eigenvalue weighted by atomic mass is 16.2. The predicted octanol–water partition coefficient (Wildman–Crippen LogP) is 1.48. The monoisotopic (exact) mass is 237 g/mol. The smallest absolute Gasteiger partial charge is 0.240 e. The number of likely N-dealkylation sites (N-methyl/N-ethyl adjacent to an activating group) is 1. The first-order valence-electron chi connectivity index (χ1n) is 6.46. The highest BCUT2D eigenvalue weighted by Crippen LogP contribution is 2.17. The Morgan fingerprint density at radius 2 is 2.18 bits per heavy atom. The minimum absolute atomic E-state index is 0.104. The van der Waals surface area contributed by atoms with Crippen molar-refractivity contribution in [3.63, 3.8) is 0 Å². The van der Waals surface area contributed by atoms with E-state index in [9.17, 15) is 4.79 Å². The molecule has 2 unspecified atom stereocenters. The molecule has 0 spiro atoms. The van der Waals surface area contributed by atoms with Crippen molar-refractivity contribution in [2.75, 3.05) is 26.7 Å². The van der Waals surface area contributed by atoms with E-state index < -0.39 is 0 Å². The quantitative estimate of drug-likeness (QED) is 0.744. The molecule has 17 heavy (non-hydrogen) atoms. The largest absolute Gasteiger partial charge is 0.344 e. The Labute approximate surface area is 104 Å². The molecule has 1 amide bonds. The highest BCUT2D eigenvalue weighted by Gasteiger charge is 2.32. The van der Waals surface area contributed by atoms with Crippen molar-refractivity contribution in [2.45, 2.75) is 39.2 Å². The highest BCUT2D eigenvalue weighted by molar-refractivity contribution is 5.82. The Bertz CT molecular complexity index is 298. The summed E-state index contributed by atoms with van der Waals surface area (Å²) >= 11 is 0. The molecule has 96 valence electrons. The number of rotatable bonds is 4. The van der Waals surface area contributed by atoms with Crippen LogP contribution in [0.1, 0.15) is 33.1 Å². The summed E-state index contributed by atoms with van der Waals surface area (Å²) in [7, 11) is 1.84. The second-order valence-electron chi connectivity index (χ2n) is 5.05. The zero-order valence-electron chi connectivity index (χ0n) is 11.1. The van der Waals surface area contributed by atoms with Crippen molar-refractivity contribution in [3.05, 3.63) is 0 Å². The lowest BCUT2D eigenvalue weighted by Gasteiger charge is -2.28. The van der Waals surface area contributed by atoms with Gasteiger partial charge in [0.25, 0.3) is 0 Å². The van der Waals surface area contributed by atoms with Crippen LogP contribution in [0.25, 0.3) is 0 Å². The summed E-state index contributed by atoms with van der Waals surface area (Å²) in [5, 5.41) is 8.88. The lowest BCUT2D eigenvalue weighted by atomic mass is 10.1. The molecule has 0 aromatic carbocycles. The van der Waals surface area contributed by atoms with Crippen molar-refractivity contribution < 1.29 is 4.79 Å². The number of nitrogens with zero attached hydrogens (tertiary/aromatic N) is 3. The van der Waals surface area contributed by atoms with E-state index in [4.69, 9.17) is 5.26 Å². The topological polar surface area (TPSA) is 47.3 Å². The molecule has 1 saturated heterocycles. The Morgan fingerprint density at radius 1 is 1.47 bits per heavy atom. The summed E-state index contributed by atoms with van der Waals surface area (Å²) in [4.78, 5) is 16.2. The van der Waals surface area contributed by atoms with Crippen LogP contribution in [-0.2, 0) is 4.79 Å². The third kappa shape index (κ3) is 3.71. The maximum atomic E-state index is 12.2. The summed E-state index contributed by atoms with van der Waals surface area (Å²) in [6.07, 6.45) is 2.51. The second-order valence-corrected chi connectivity index (χ2v) is 5.05. The molecule has 1 fully saturated rings. The van der Waals surface area contributed by atoms with Gasteiger partial charge in [-0.1, -0.05) is 20.3 Å². The van der Waals surface area contributed by atoms with Crippen molar-refractivity contribution in [1.29, 1.82) is 5.26 Å². The van der Waals surface area contributed by atoms with Crippen LogP contribution in [0.15, 0.2) is 0 Å². The number of hydrogen-bond donors (Lipinski definition) is 0. The van der Waals surface area contributed by atoms with E-state index in [1.165, 1.54) is 0 Å². The minimum Gasteiger partial charge on any atom is -0.344 e. The maximum absolute atomic E-state index is 12.2. The number of carbonyl (C=O) groups excluding carboxylic acids is 1. The zero-order valence-corrected chi connectivity index (χ0v) is 11.1. The van der Waals surface area contributed by atoms with Gasteiger partial charge in [0.05, 0.1) is 12.5 Å². The van der Waals surface area contributed by atoms with Gasteiger partial charge in [-0.2, -0.15) is 5.26 Å². The van der Waals surface area contributed by atoms with Gasteiger partial charge in [-0.05, 0) is 18.9 Å². The molecule has 1 heterocycles. The minimum atomic E-state index is -0.235. The van der Waals surface area contributed by atoms with Crippen LogP contribution in [0.2, 0.25) is 0 Å². The second kappa shape index (κ2) is 6.61. The summed E-state index contributed by atoms with van der Waals surface area (Å²) < 4.78 is 0. The van der Waals surface area contributed by atoms with Gasteiger partial charge in [-0.15, -0.1) is 0 Å². The van der Waals surface area contributed by atoms with E-state index in [2.05, 4.69) is 24.8 Å². The van der Waals surface area contributed by atoms with Crippen LogP contribution >= 0.6 is 0 Å². The van der Waals surface area contributed by atoms with Gasteiger partial charge in [0, 0.05) is 20.1 Å². The average molecular weight is 237 g/mol. The fourth-order valence-electron chi connectivity index (χ4n) is 2.46. The Morgan fingerprint density at radius 3 is 2.76 bits per heavy atom. The fourth-order valence-corrected chi connectivity index (χ4v) is 2.46. The van der Waals surface area contributed by atoms with E-state index in [0.29, 0.717) is 12.3 Å². The molecular weight excluding hydrogens is 214 g/mol. The summed E-state index contributed by atoms with van der Waals surface area (Å²) in [5.74, 6) is 0.580. The molecule has 2 atom stereocenters. The third-order valence-corrected chi connectivity index (χ3v) is 3.32. The zero-order chi connectivity index (χ0) is 12.8. The SMILES string of the molecule is CCCCN1CC(C)CN(C)C(=O)C1CC#N. The van der Waals surface area contributed by atoms with Crippen LogP contribution in [0.5, 0.6) is 0 Å². The standard InChI is InChI=1S/C13H23N3O/c1-4-5-8-16-10-11(2)9-15(3)13(17)12(16)6-7-14/h11-12H,4-6,8-10H2,1-3H3. The van der Waals surface area contributed by atoms with E-state index in [0.717, 1.165) is 32.5 Å². The van der Waals surface area contributed by atoms with Gasteiger partial charge in [-0.3, -0.25) is 9.69 Å². The van der Waals surface area contributed by atoms with Crippen LogP contribution < -0.4 is 0 Å². The van der Waals surface area contributed by atoms with Crippen LogP contribution in [0.4, 0.5) is 0 Å². The summed E-state index contributed by atoms with van der Waals surface area (Å²) in [6, 6.07) is 1.91. The molecule has 4 nitrogen and oxygen atoms in total. The predicted molar refractivity (Wildman–Crippen MR) is 67.3 cm³/mol. The van der Waals surface area contributed by atoms with Crippen LogP contribution in [0, 0.1) is 17.2 Å². The number of unbranched alkanes of at least 4 members (excludes halogenated alkanes) is 1. The van der Waals surface area contributed by atoms with E-state index in [1.807, 2.05) is 7.05 Å². The fraction of sp³-hybridized carbons (Fsp3) is 0.846. The van der Waals surface area contributed by atoms with Gasteiger partial charge in [0.2, 0.25) is 5.91 Å². The number of amides is 1. The molecule has 0 aliphatic carbocycles. The Kier molecular flexibility index (Phi) is 5.43. The number of carbonyl (C=O) groups is 1. The first-order valence-corrected chi connectivity index (χ1v) is 6.46. The van der Waals surface area contributed by atoms with Crippen LogP contribution in [-0.4, -0.2) is 48.4 Å². The average Bonchev–Trinajstić information content (AvgIpc) is 2.38.